The van der Waals surface area contributed by atoms with Crippen LogP contribution in [0.1, 0.15) is 36.7 Å². The second kappa shape index (κ2) is 4.77. The van der Waals surface area contributed by atoms with Crippen LogP contribution in [0.25, 0.3) is 0 Å². The lowest BCUT2D eigenvalue weighted by atomic mass is 10.00. The summed E-state index contributed by atoms with van der Waals surface area (Å²) in [6, 6.07) is 1.30. The maximum absolute atomic E-state index is 12.8. The van der Waals surface area contributed by atoms with Gasteiger partial charge in [-0.2, -0.15) is 0 Å². The molecule has 0 atom stereocenters. The second-order valence-corrected chi connectivity index (χ2v) is 3.99. The molecular formula is C12H13F2NO2. The first-order valence-corrected chi connectivity index (χ1v) is 5.62. The molecule has 2 rings (SSSR count). The molecular weight excluding hydrogens is 228 g/mol. The van der Waals surface area contributed by atoms with Crippen molar-refractivity contribution in [2.75, 3.05) is 0 Å². The van der Waals surface area contributed by atoms with E-state index in [1.165, 1.54) is 6.07 Å². The Balaban J connectivity index is 2.45. The number of rotatable bonds is 4. The molecule has 1 aromatic heterocycles. The maximum atomic E-state index is 12.8. The van der Waals surface area contributed by atoms with E-state index < -0.39 is 12.1 Å². The molecule has 92 valence electrons. The van der Waals surface area contributed by atoms with Crippen LogP contribution in [0, 0.1) is 0 Å². The lowest BCUT2D eigenvalue weighted by Gasteiger charge is -2.08. The van der Waals surface area contributed by atoms with Crippen LogP contribution >= 0.6 is 0 Å². The first kappa shape index (κ1) is 12.0. The molecule has 0 radical (unpaired) electrons. The van der Waals surface area contributed by atoms with E-state index in [1.54, 1.807) is 0 Å². The molecule has 1 aliphatic rings. The number of halogens is 2. The van der Waals surface area contributed by atoms with Crippen molar-refractivity contribution in [1.82, 2.24) is 0 Å². The summed E-state index contributed by atoms with van der Waals surface area (Å²) in [5.41, 5.74) is 0.262. The largest absolute Gasteiger partial charge is 0.425 e. The van der Waals surface area contributed by atoms with E-state index in [4.69, 9.17) is 4.42 Å². The Morgan fingerprint density at radius 1 is 1.53 bits per heavy atom. The lowest BCUT2D eigenvalue weighted by molar-refractivity contribution is 0.226. The molecule has 0 saturated heterocycles. The molecule has 3 nitrogen and oxygen atoms in total. The average molecular weight is 241 g/mol. The zero-order valence-corrected chi connectivity index (χ0v) is 9.50. The van der Waals surface area contributed by atoms with Crippen LogP contribution in [0.15, 0.2) is 20.3 Å². The summed E-state index contributed by atoms with van der Waals surface area (Å²) >= 11 is 0. The number of alkyl halides is 2. The molecule has 0 bridgehead atoms. The molecule has 5 heteroatoms. The number of aryl methyl sites for hydroxylation is 1. The monoisotopic (exact) mass is 241 g/mol. The van der Waals surface area contributed by atoms with Gasteiger partial charge in [0.2, 0.25) is 0 Å². The minimum absolute atomic E-state index is 0.0458. The molecule has 0 saturated carbocycles. The van der Waals surface area contributed by atoms with Crippen molar-refractivity contribution in [3.8, 4) is 0 Å². The molecule has 2 heterocycles. The Labute approximate surface area is 97.2 Å². The summed E-state index contributed by atoms with van der Waals surface area (Å²) in [6.07, 6.45) is -0.219. The van der Waals surface area contributed by atoms with Crippen LogP contribution < -0.4 is 5.63 Å². The van der Waals surface area contributed by atoms with Gasteiger partial charge in [0.1, 0.15) is 11.5 Å². The van der Waals surface area contributed by atoms with Crippen LogP contribution in [0.5, 0.6) is 0 Å². The third kappa shape index (κ3) is 2.28. The van der Waals surface area contributed by atoms with Gasteiger partial charge in [-0.25, -0.2) is 13.6 Å². The molecule has 0 N–H and O–H groups in total. The van der Waals surface area contributed by atoms with E-state index in [9.17, 15) is 13.6 Å². The highest BCUT2D eigenvalue weighted by Crippen LogP contribution is 2.25. The second-order valence-electron chi connectivity index (χ2n) is 3.99. The van der Waals surface area contributed by atoms with Crippen LogP contribution in [-0.4, -0.2) is 12.1 Å². The summed E-state index contributed by atoms with van der Waals surface area (Å²) in [4.78, 5) is 15.0. The summed E-state index contributed by atoms with van der Waals surface area (Å²) in [5.74, 6) is 0.277. The maximum Gasteiger partial charge on any atom is 0.336 e. The van der Waals surface area contributed by atoms with Crippen molar-refractivity contribution in [3.05, 3.63) is 33.4 Å². The third-order valence-corrected chi connectivity index (χ3v) is 2.77. The van der Waals surface area contributed by atoms with Crippen molar-refractivity contribution in [2.45, 2.75) is 39.2 Å². The highest BCUT2D eigenvalue weighted by atomic mass is 19.3. The fourth-order valence-electron chi connectivity index (χ4n) is 1.99. The Bertz CT molecular complexity index is 506. The van der Waals surface area contributed by atoms with Crippen LogP contribution in [0.3, 0.4) is 0 Å². The topological polar surface area (TPSA) is 42.6 Å². The number of hydrogen-bond acceptors (Lipinski definition) is 3. The zero-order chi connectivity index (χ0) is 12.4. The van der Waals surface area contributed by atoms with Crippen LogP contribution in [0.2, 0.25) is 0 Å². The molecule has 0 aliphatic carbocycles. The van der Waals surface area contributed by atoms with E-state index in [1.807, 2.05) is 6.92 Å². The van der Waals surface area contributed by atoms with Gasteiger partial charge in [0.15, 0.2) is 0 Å². The SMILES string of the molecule is CCCCc1cc(=O)oc2c1C(C(F)F)=NC2. The quantitative estimate of drug-likeness (QED) is 0.813. The fourth-order valence-corrected chi connectivity index (χ4v) is 1.99. The zero-order valence-electron chi connectivity index (χ0n) is 9.50. The van der Waals surface area contributed by atoms with Crippen molar-refractivity contribution in [1.29, 1.82) is 0 Å². The van der Waals surface area contributed by atoms with Crippen molar-refractivity contribution < 1.29 is 13.2 Å². The molecule has 0 fully saturated rings. The number of fused-ring (bicyclic) bond motifs is 1. The average Bonchev–Trinajstić information content (AvgIpc) is 2.69. The first-order chi connectivity index (χ1) is 8.13. The summed E-state index contributed by atoms with van der Waals surface area (Å²) in [7, 11) is 0. The fraction of sp³-hybridized carbons (Fsp3) is 0.500. The summed E-state index contributed by atoms with van der Waals surface area (Å²) in [5, 5.41) is 0. The molecule has 0 aromatic carbocycles. The standard InChI is InChI=1S/C12H13F2NO2/c1-2-3-4-7-5-9(16)17-8-6-15-11(10(7)8)12(13)14/h5,12H,2-4,6H2,1H3. The molecule has 17 heavy (non-hydrogen) atoms. The van der Waals surface area contributed by atoms with Gasteiger partial charge in [-0.1, -0.05) is 13.3 Å². The molecule has 0 spiro atoms. The smallest absolute Gasteiger partial charge is 0.336 e. The Kier molecular flexibility index (Phi) is 3.36. The van der Waals surface area contributed by atoms with E-state index in [2.05, 4.69) is 4.99 Å². The minimum Gasteiger partial charge on any atom is -0.425 e. The normalized spacial score (nSPS) is 14.0. The highest BCUT2D eigenvalue weighted by Gasteiger charge is 2.28. The highest BCUT2D eigenvalue weighted by molar-refractivity contribution is 6.06. The Morgan fingerprint density at radius 2 is 2.29 bits per heavy atom. The van der Waals surface area contributed by atoms with Gasteiger partial charge in [-0.15, -0.1) is 0 Å². The van der Waals surface area contributed by atoms with Gasteiger partial charge in [0.05, 0.1) is 6.54 Å². The van der Waals surface area contributed by atoms with Gasteiger partial charge in [-0.05, 0) is 18.4 Å². The van der Waals surface area contributed by atoms with E-state index in [0.717, 1.165) is 12.8 Å². The predicted molar refractivity (Wildman–Crippen MR) is 59.8 cm³/mol. The Hall–Kier alpha value is -1.52. The van der Waals surface area contributed by atoms with Crippen molar-refractivity contribution >= 4 is 5.71 Å². The third-order valence-electron chi connectivity index (χ3n) is 2.77. The Morgan fingerprint density at radius 3 is 2.94 bits per heavy atom. The van der Waals surface area contributed by atoms with Crippen molar-refractivity contribution in [3.63, 3.8) is 0 Å². The van der Waals surface area contributed by atoms with E-state index in [0.29, 0.717) is 17.5 Å². The number of unbranched alkanes of at least 4 members (excludes halogenated alkanes) is 1. The predicted octanol–water partition coefficient (Wildman–Crippen LogP) is 2.55. The van der Waals surface area contributed by atoms with Gasteiger partial charge in [0, 0.05) is 11.6 Å². The summed E-state index contributed by atoms with van der Waals surface area (Å²) < 4.78 is 30.5. The van der Waals surface area contributed by atoms with Crippen LogP contribution in [-0.2, 0) is 13.0 Å². The van der Waals surface area contributed by atoms with Gasteiger partial charge in [0.25, 0.3) is 6.43 Å². The summed E-state index contributed by atoms with van der Waals surface area (Å²) in [6.45, 7) is 2.05. The molecule has 1 aliphatic heterocycles. The number of aliphatic imine (C=N–C) groups is 1. The van der Waals surface area contributed by atoms with Crippen molar-refractivity contribution in [2.24, 2.45) is 4.99 Å². The molecule has 0 unspecified atom stereocenters. The van der Waals surface area contributed by atoms with E-state index >= 15 is 0 Å². The first-order valence-electron chi connectivity index (χ1n) is 5.62. The van der Waals surface area contributed by atoms with Gasteiger partial charge in [-0.3, -0.25) is 4.99 Å². The molecule has 0 amide bonds. The van der Waals surface area contributed by atoms with Gasteiger partial charge < -0.3 is 4.42 Å². The lowest BCUT2D eigenvalue weighted by Crippen LogP contribution is -2.15. The van der Waals surface area contributed by atoms with E-state index in [-0.39, 0.29) is 18.0 Å². The minimum atomic E-state index is -2.62. The molecule has 1 aromatic rings. The van der Waals surface area contributed by atoms with Crippen LogP contribution in [0.4, 0.5) is 8.78 Å². The van der Waals surface area contributed by atoms with Gasteiger partial charge >= 0.3 is 5.63 Å². The number of hydrogen-bond donors (Lipinski definition) is 0. The number of nitrogens with zero attached hydrogens (tertiary/aromatic N) is 1.